The van der Waals surface area contributed by atoms with Crippen LogP contribution in [0.2, 0.25) is 0 Å². The van der Waals surface area contributed by atoms with Crippen molar-refractivity contribution >= 4 is 55.0 Å². The number of benzene rings is 6. The highest BCUT2D eigenvalue weighted by atomic mass is 15.0. The predicted molar refractivity (Wildman–Crippen MR) is 170 cm³/mol. The van der Waals surface area contributed by atoms with Crippen molar-refractivity contribution in [1.82, 2.24) is 9.13 Å². The molecule has 2 heterocycles. The lowest BCUT2D eigenvalue weighted by Gasteiger charge is -2.10. The third-order valence-electron chi connectivity index (χ3n) is 8.11. The second-order valence-electron chi connectivity index (χ2n) is 10.4. The molecule has 2 aromatic heterocycles. The first kappa shape index (κ1) is 22.7. The van der Waals surface area contributed by atoms with Crippen LogP contribution in [0.25, 0.3) is 60.4 Å². The maximum atomic E-state index is 3.61. The van der Waals surface area contributed by atoms with Crippen LogP contribution in [0.1, 0.15) is 0 Å². The van der Waals surface area contributed by atoms with Gasteiger partial charge >= 0.3 is 0 Å². The zero-order valence-corrected chi connectivity index (χ0v) is 22.2. The summed E-state index contributed by atoms with van der Waals surface area (Å²) in [6.07, 6.45) is 0. The van der Waals surface area contributed by atoms with E-state index in [-0.39, 0.29) is 0 Å². The Labute approximate surface area is 232 Å². The summed E-state index contributed by atoms with van der Waals surface area (Å²) >= 11 is 0. The van der Waals surface area contributed by atoms with Gasteiger partial charge in [0.15, 0.2) is 0 Å². The van der Waals surface area contributed by atoms with Crippen LogP contribution in [0.5, 0.6) is 0 Å². The monoisotopic (exact) mass is 513 g/mol. The van der Waals surface area contributed by atoms with Gasteiger partial charge in [0.05, 0.1) is 11.0 Å². The largest absolute Gasteiger partial charge is 0.356 e. The molecule has 0 aliphatic heterocycles. The van der Waals surface area contributed by atoms with Crippen LogP contribution in [0.3, 0.4) is 0 Å². The van der Waals surface area contributed by atoms with Gasteiger partial charge in [0, 0.05) is 56.7 Å². The zero-order valence-electron chi connectivity index (χ0n) is 22.2. The topological polar surface area (TPSA) is 21.9 Å². The van der Waals surface area contributed by atoms with E-state index in [0.29, 0.717) is 0 Å². The number of nitrogens with zero attached hydrogens (tertiary/aromatic N) is 2. The summed E-state index contributed by atoms with van der Waals surface area (Å²) in [6.45, 7) is 0. The first-order valence-electron chi connectivity index (χ1n) is 13.7. The molecular weight excluding hydrogens is 486 g/mol. The Bertz CT molecular complexity index is 2180. The van der Waals surface area contributed by atoms with Crippen molar-refractivity contribution < 1.29 is 0 Å². The van der Waals surface area contributed by atoms with E-state index in [1.807, 2.05) is 0 Å². The molecule has 0 atom stereocenters. The molecule has 8 aromatic rings. The minimum Gasteiger partial charge on any atom is -0.356 e. The summed E-state index contributed by atoms with van der Waals surface area (Å²) in [7, 11) is 2.13. The van der Waals surface area contributed by atoms with Gasteiger partial charge in [-0.25, -0.2) is 0 Å². The number of fused-ring (bicyclic) bond motifs is 6. The van der Waals surface area contributed by atoms with Crippen LogP contribution in [-0.4, -0.2) is 9.13 Å². The highest BCUT2D eigenvalue weighted by molar-refractivity contribution is 6.11. The van der Waals surface area contributed by atoms with Gasteiger partial charge in [0.1, 0.15) is 0 Å². The average Bonchev–Trinajstić information content (AvgIpc) is 3.49. The molecule has 6 aromatic carbocycles. The molecule has 0 saturated carbocycles. The van der Waals surface area contributed by atoms with Gasteiger partial charge in [-0.2, -0.15) is 0 Å². The van der Waals surface area contributed by atoms with E-state index >= 15 is 0 Å². The molecule has 0 aliphatic carbocycles. The van der Waals surface area contributed by atoms with E-state index in [9.17, 15) is 0 Å². The van der Waals surface area contributed by atoms with E-state index in [1.165, 1.54) is 60.4 Å². The maximum absolute atomic E-state index is 3.61. The molecule has 8 rings (SSSR count). The smallest absolute Gasteiger partial charge is 0.0541 e. The lowest BCUT2D eigenvalue weighted by atomic mass is 10.0. The van der Waals surface area contributed by atoms with Gasteiger partial charge in [-0.3, -0.25) is 0 Å². The third-order valence-corrected chi connectivity index (χ3v) is 8.11. The lowest BCUT2D eigenvalue weighted by Crippen LogP contribution is -1.93. The molecule has 3 nitrogen and oxygen atoms in total. The lowest BCUT2D eigenvalue weighted by molar-refractivity contribution is 1.01. The number of hydrogen-bond acceptors (Lipinski definition) is 1. The van der Waals surface area contributed by atoms with Gasteiger partial charge in [-0.15, -0.1) is 0 Å². The fourth-order valence-corrected chi connectivity index (χ4v) is 6.17. The molecule has 0 saturated heterocycles. The number of para-hydroxylation sites is 3. The number of hydrogen-bond donors (Lipinski definition) is 1. The van der Waals surface area contributed by atoms with Crippen molar-refractivity contribution in [2.45, 2.75) is 0 Å². The van der Waals surface area contributed by atoms with Crippen molar-refractivity contribution in [2.24, 2.45) is 7.05 Å². The van der Waals surface area contributed by atoms with Gasteiger partial charge in [-0.1, -0.05) is 72.8 Å². The molecule has 0 amide bonds. The minimum absolute atomic E-state index is 1.07. The molecule has 40 heavy (non-hydrogen) atoms. The summed E-state index contributed by atoms with van der Waals surface area (Å²) in [4.78, 5) is 0. The number of aryl methyl sites for hydroxylation is 1. The summed E-state index contributed by atoms with van der Waals surface area (Å²) in [6, 6.07) is 50.0. The van der Waals surface area contributed by atoms with Crippen LogP contribution in [0.4, 0.5) is 11.4 Å². The average molecular weight is 514 g/mol. The molecule has 190 valence electrons. The molecule has 3 heteroatoms. The fraction of sp³-hybridized carbons (Fsp3) is 0.0270. The van der Waals surface area contributed by atoms with Crippen molar-refractivity contribution in [2.75, 3.05) is 5.32 Å². The standard InChI is InChI=1S/C37H27N3/c1-39-34-13-7-5-11-30(34)33-24-28(20-22-35(33)39)38-27-18-15-25(16-19-27)26-17-21-37-32(23-26)31-12-6-8-14-36(31)40(37)29-9-3-2-4-10-29/h2-24,38H,1H3. The highest BCUT2D eigenvalue weighted by Crippen LogP contribution is 2.36. The van der Waals surface area contributed by atoms with E-state index in [4.69, 9.17) is 0 Å². The first-order valence-corrected chi connectivity index (χ1v) is 13.7. The summed E-state index contributed by atoms with van der Waals surface area (Å²) in [5.41, 5.74) is 10.7. The zero-order chi connectivity index (χ0) is 26.6. The van der Waals surface area contributed by atoms with Crippen LogP contribution in [-0.2, 0) is 7.05 Å². The van der Waals surface area contributed by atoms with E-state index in [2.05, 4.69) is 161 Å². The summed E-state index contributed by atoms with van der Waals surface area (Å²) < 4.78 is 4.62. The van der Waals surface area contributed by atoms with Crippen LogP contribution < -0.4 is 5.32 Å². The Balaban J connectivity index is 1.14. The van der Waals surface area contributed by atoms with Gasteiger partial charge in [0.2, 0.25) is 0 Å². The molecule has 0 spiro atoms. The quantitative estimate of drug-likeness (QED) is 0.248. The Morgan fingerprint density at radius 2 is 0.975 bits per heavy atom. The number of rotatable bonds is 4. The Kier molecular flexibility index (Phi) is 5.04. The van der Waals surface area contributed by atoms with Crippen molar-refractivity contribution in [3.05, 3.63) is 140 Å². The number of nitrogens with one attached hydrogen (secondary N) is 1. The van der Waals surface area contributed by atoms with Crippen LogP contribution in [0, 0.1) is 0 Å². The molecule has 0 unspecified atom stereocenters. The SMILES string of the molecule is Cn1c2ccccc2c2cc(Nc3ccc(-c4ccc5c(c4)c4ccccc4n5-c4ccccc4)cc3)ccc21. The molecular formula is C37H27N3. The van der Waals surface area contributed by atoms with Crippen molar-refractivity contribution in [3.63, 3.8) is 0 Å². The molecule has 0 fully saturated rings. The Hall–Kier alpha value is -5.28. The third kappa shape index (κ3) is 3.52. The van der Waals surface area contributed by atoms with Gasteiger partial charge in [0.25, 0.3) is 0 Å². The molecule has 0 bridgehead atoms. The van der Waals surface area contributed by atoms with Gasteiger partial charge in [-0.05, 0) is 77.9 Å². The molecule has 0 aliphatic rings. The Morgan fingerprint density at radius 3 is 1.77 bits per heavy atom. The van der Waals surface area contributed by atoms with Crippen molar-refractivity contribution in [1.29, 1.82) is 0 Å². The second kappa shape index (κ2) is 8.89. The van der Waals surface area contributed by atoms with Gasteiger partial charge < -0.3 is 14.5 Å². The van der Waals surface area contributed by atoms with E-state index in [1.54, 1.807) is 0 Å². The predicted octanol–water partition coefficient (Wildman–Crippen LogP) is 9.84. The second-order valence-corrected chi connectivity index (χ2v) is 10.4. The van der Waals surface area contributed by atoms with Crippen LogP contribution >= 0.6 is 0 Å². The normalized spacial score (nSPS) is 11.6. The fourth-order valence-electron chi connectivity index (χ4n) is 6.17. The molecule has 1 N–H and O–H groups in total. The minimum atomic E-state index is 1.07. The maximum Gasteiger partial charge on any atom is 0.0541 e. The Morgan fingerprint density at radius 1 is 0.425 bits per heavy atom. The van der Waals surface area contributed by atoms with E-state index in [0.717, 1.165) is 11.4 Å². The number of anilines is 2. The van der Waals surface area contributed by atoms with Crippen molar-refractivity contribution in [3.8, 4) is 16.8 Å². The summed E-state index contributed by atoms with van der Waals surface area (Å²) in [5.74, 6) is 0. The van der Waals surface area contributed by atoms with Crippen LogP contribution in [0.15, 0.2) is 140 Å². The highest BCUT2D eigenvalue weighted by Gasteiger charge is 2.13. The molecule has 0 radical (unpaired) electrons. The first-order chi connectivity index (χ1) is 19.7. The summed E-state index contributed by atoms with van der Waals surface area (Å²) in [5, 5.41) is 8.69. The number of aromatic nitrogens is 2. The van der Waals surface area contributed by atoms with E-state index < -0.39 is 0 Å².